The van der Waals surface area contributed by atoms with E-state index in [1.807, 2.05) is 19.6 Å². The fourth-order valence-corrected chi connectivity index (χ4v) is 4.59. The fraction of sp³-hybridized carbons (Fsp3) is 0.333. The summed E-state index contributed by atoms with van der Waals surface area (Å²) < 4.78 is 44.1. The molecule has 1 aromatic rings. The highest BCUT2D eigenvalue weighted by atomic mass is 32.2. The summed E-state index contributed by atoms with van der Waals surface area (Å²) in [7, 11) is -6.26. The summed E-state index contributed by atoms with van der Waals surface area (Å²) >= 11 is 0. The van der Waals surface area contributed by atoms with Crippen molar-refractivity contribution < 1.29 is 17.4 Å². The van der Waals surface area contributed by atoms with Crippen molar-refractivity contribution in [3.63, 3.8) is 0 Å². The molecule has 6 heteroatoms. The minimum absolute atomic E-state index is 0.178. The van der Waals surface area contributed by atoms with Crippen LogP contribution in [0.5, 0.6) is 0 Å². The van der Waals surface area contributed by atoms with Crippen LogP contribution in [0.3, 0.4) is 0 Å². The van der Waals surface area contributed by atoms with Crippen LogP contribution in [-0.4, -0.2) is 21.0 Å². The van der Waals surface area contributed by atoms with Crippen LogP contribution in [0.15, 0.2) is 23.1 Å². The van der Waals surface area contributed by atoms with Gasteiger partial charge in [0, 0.05) is 0 Å². The van der Waals surface area contributed by atoms with Crippen LogP contribution in [0, 0.1) is 5.82 Å². The molecule has 0 aliphatic heterocycles. The molecule has 0 bridgehead atoms. The minimum atomic E-state index is -4.27. The van der Waals surface area contributed by atoms with Gasteiger partial charge >= 0.3 is 0 Å². The van der Waals surface area contributed by atoms with E-state index >= 15 is 0 Å². The highest BCUT2D eigenvalue weighted by Gasteiger charge is 2.26. The van der Waals surface area contributed by atoms with Crippen molar-refractivity contribution in [1.82, 2.24) is 0 Å². The van der Waals surface area contributed by atoms with Crippen LogP contribution >= 0.6 is 0 Å². The summed E-state index contributed by atoms with van der Waals surface area (Å²) in [5, 5.41) is 0.407. The number of halogens is 1. The Morgan fingerprint density at radius 2 is 1.80 bits per heavy atom. The van der Waals surface area contributed by atoms with E-state index in [4.69, 9.17) is 4.55 Å². The zero-order valence-electron chi connectivity index (χ0n) is 8.78. The van der Waals surface area contributed by atoms with Crippen molar-refractivity contribution in [2.75, 3.05) is 0 Å². The maximum Gasteiger partial charge on any atom is 0.294 e. The summed E-state index contributed by atoms with van der Waals surface area (Å²) in [6.45, 7) is 5.66. The second-order valence-electron chi connectivity index (χ2n) is 4.37. The van der Waals surface area contributed by atoms with E-state index in [2.05, 4.69) is 0 Å². The van der Waals surface area contributed by atoms with E-state index in [0.29, 0.717) is 5.19 Å². The maximum atomic E-state index is 13.0. The van der Waals surface area contributed by atoms with Crippen LogP contribution in [0.4, 0.5) is 4.39 Å². The Morgan fingerprint density at radius 1 is 1.27 bits per heavy atom. The molecule has 0 unspecified atom stereocenters. The Bertz CT molecular complexity index is 477. The molecule has 1 aromatic carbocycles. The van der Waals surface area contributed by atoms with Crippen LogP contribution in [0.1, 0.15) is 0 Å². The summed E-state index contributed by atoms with van der Waals surface area (Å²) in [4.78, 5) is -0.178. The van der Waals surface area contributed by atoms with E-state index in [1.54, 1.807) is 0 Å². The monoisotopic (exact) mass is 248 g/mol. The van der Waals surface area contributed by atoms with Gasteiger partial charge < -0.3 is 0 Å². The lowest BCUT2D eigenvalue weighted by molar-refractivity contribution is 0.483. The molecule has 0 saturated heterocycles. The maximum absolute atomic E-state index is 13.0. The standard InChI is InChI=1S/C9H13FO3SSi/c1-15(2,3)9-6-7(10)4-5-8(9)14(11,12)13/h4-6H,1-3H3,(H,11,12,13). The Balaban J connectivity index is 3.55. The molecule has 0 spiro atoms. The molecule has 1 N–H and O–H groups in total. The molecule has 0 amide bonds. The van der Waals surface area contributed by atoms with Gasteiger partial charge in [-0.15, -0.1) is 0 Å². The molecule has 3 nitrogen and oxygen atoms in total. The molecule has 0 heterocycles. The van der Waals surface area contributed by atoms with E-state index in [9.17, 15) is 12.8 Å². The molecule has 0 saturated carbocycles. The first-order valence-electron chi connectivity index (χ1n) is 4.40. The summed E-state index contributed by atoms with van der Waals surface area (Å²) in [5.41, 5.74) is 0. The molecule has 0 aromatic heterocycles. The van der Waals surface area contributed by atoms with Gasteiger partial charge in [-0.05, 0) is 23.4 Å². The molecular weight excluding hydrogens is 235 g/mol. The normalized spacial score (nSPS) is 12.9. The average molecular weight is 248 g/mol. The van der Waals surface area contributed by atoms with E-state index in [1.165, 1.54) is 6.07 Å². The second kappa shape index (κ2) is 3.69. The number of hydrogen-bond donors (Lipinski definition) is 1. The van der Waals surface area contributed by atoms with Gasteiger partial charge in [0.15, 0.2) is 0 Å². The zero-order valence-corrected chi connectivity index (χ0v) is 10.6. The van der Waals surface area contributed by atoms with Gasteiger partial charge in [-0.25, -0.2) is 4.39 Å². The number of rotatable bonds is 2. The van der Waals surface area contributed by atoms with Gasteiger partial charge in [0.05, 0.1) is 13.0 Å². The SMILES string of the molecule is C[Si](C)(C)c1cc(F)ccc1S(=O)(=O)O. The lowest BCUT2D eigenvalue weighted by Gasteiger charge is -2.19. The highest BCUT2D eigenvalue weighted by molar-refractivity contribution is 7.86. The van der Waals surface area contributed by atoms with Crippen molar-refractivity contribution in [2.45, 2.75) is 24.5 Å². The molecule has 0 aliphatic rings. The predicted octanol–water partition coefficient (Wildman–Crippen LogP) is 1.62. The first-order valence-corrected chi connectivity index (χ1v) is 9.34. The van der Waals surface area contributed by atoms with Crippen molar-refractivity contribution >= 4 is 23.4 Å². The molecule has 0 fully saturated rings. The first kappa shape index (κ1) is 12.3. The molecule has 0 atom stereocenters. The average Bonchev–Trinajstić information content (AvgIpc) is 2.00. The third kappa shape index (κ3) is 2.86. The Labute approximate surface area is 89.7 Å². The molecule has 0 radical (unpaired) electrons. The third-order valence-electron chi connectivity index (χ3n) is 2.03. The first-order chi connectivity index (χ1) is 6.62. The van der Waals surface area contributed by atoms with Crippen molar-refractivity contribution in [3.8, 4) is 0 Å². The fourth-order valence-electron chi connectivity index (χ4n) is 1.31. The minimum Gasteiger partial charge on any atom is -0.282 e. The predicted molar refractivity (Wildman–Crippen MR) is 59.2 cm³/mol. The molecular formula is C9H13FO3SSi. The molecule has 15 heavy (non-hydrogen) atoms. The van der Waals surface area contributed by atoms with E-state index in [-0.39, 0.29) is 4.90 Å². The van der Waals surface area contributed by atoms with Gasteiger partial charge in [0.1, 0.15) is 5.82 Å². The van der Waals surface area contributed by atoms with Crippen molar-refractivity contribution in [2.24, 2.45) is 0 Å². The van der Waals surface area contributed by atoms with E-state index in [0.717, 1.165) is 12.1 Å². The molecule has 84 valence electrons. The lowest BCUT2D eigenvalue weighted by Crippen LogP contribution is -2.41. The van der Waals surface area contributed by atoms with Gasteiger partial charge in [0.25, 0.3) is 10.1 Å². The Hall–Kier alpha value is -0.723. The molecule has 0 aliphatic carbocycles. The zero-order chi connectivity index (χ0) is 11.9. The van der Waals surface area contributed by atoms with Gasteiger partial charge in [-0.1, -0.05) is 19.6 Å². The Kier molecular flexibility index (Phi) is 3.04. The van der Waals surface area contributed by atoms with Gasteiger partial charge in [-0.2, -0.15) is 8.42 Å². The van der Waals surface area contributed by atoms with Crippen LogP contribution in [0.2, 0.25) is 19.6 Å². The topological polar surface area (TPSA) is 54.4 Å². The summed E-state index contributed by atoms with van der Waals surface area (Å²) in [5.74, 6) is -0.486. The lowest BCUT2D eigenvalue weighted by atomic mass is 10.3. The molecule has 1 rings (SSSR count). The Morgan fingerprint density at radius 3 is 2.20 bits per heavy atom. The van der Waals surface area contributed by atoms with Crippen LogP contribution in [0.25, 0.3) is 0 Å². The van der Waals surface area contributed by atoms with Gasteiger partial charge in [0.2, 0.25) is 0 Å². The van der Waals surface area contributed by atoms with Crippen LogP contribution < -0.4 is 5.19 Å². The van der Waals surface area contributed by atoms with Crippen molar-refractivity contribution in [3.05, 3.63) is 24.0 Å². The van der Waals surface area contributed by atoms with E-state index < -0.39 is 24.0 Å². The largest absolute Gasteiger partial charge is 0.294 e. The highest BCUT2D eigenvalue weighted by Crippen LogP contribution is 2.13. The van der Waals surface area contributed by atoms with Gasteiger partial charge in [-0.3, -0.25) is 4.55 Å². The number of hydrogen-bond acceptors (Lipinski definition) is 2. The number of benzene rings is 1. The second-order valence-corrected chi connectivity index (χ2v) is 10.8. The quantitative estimate of drug-likeness (QED) is 0.639. The summed E-state index contributed by atoms with van der Waals surface area (Å²) in [6, 6.07) is 3.33. The third-order valence-corrected chi connectivity index (χ3v) is 5.15. The van der Waals surface area contributed by atoms with Crippen LogP contribution in [-0.2, 0) is 10.1 Å². The van der Waals surface area contributed by atoms with Crippen molar-refractivity contribution in [1.29, 1.82) is 0 Å². The summed E-state index contributed by atoms with van der Waals surface area (Å²) in [6.07, 6.45) is 0. The smallest absolute Gasteiger partial charge is 0.282 e.